The lowest BCUT2D eigenvalue weighted by molar-refractivity contribution is -0.252. The fraction of sp³-hybridized carbons (Fsp3) is 0.667. The topological polar surface area (TPSA) is 90.0 Å². The normalized spacial score (nSPS) is 25.0. The average Bonchev–Trinajstić information content (AvgIpc) is 2.44. The van der Waals surface area contributed by atoms with E-state index < -0.39 is 6.09 Å². The van der Waals surface area contributed by atoms with E-state index in [1.54, 1.807) is 13.1 Å². The van der Waals surface area contributed by atoms with E-state index in [0.29, 0.717) is 22.1 Å². The summed E-state index contributed by atoms with van der Waals surface area (Å²) in [6, 6.07) is 1.61. The molecule has 1 fully saturated rings. The minimum absolute atomic E-state index is 0.167. The highest BCUT2D eigenvalue weighted by molar-refractivity contribution is 6.29. The van der Waals surface area contributed by atoms with Gasteiger partial charge in [-0.05, 0) is 33.6 Å². The van der Waals surface area contributed by atoms with Gasteiger partial charge in [0.1, 0.15) is 17.8 Å². The number of halogens is 1. The third-order valence-electron chi connectivity index (χ3n) is 4.57. The highest BCUT2D eigenvalue weighted by Crippen LogP contribution is 2.37. The second kappa shape index (κ2) is 6.49. The summed E-state index contributed by atoms with van der Waals surface area (Å²) >= 11 is 6.16. The lowest BCUT2D eigenvalue weighted by Gasteiger charge is -2.51. The summed E-state index contributed by atoms with van der Waals surface area (Å²) in [5.74, 6) is 1.26. The van der Waals surface area contributed by atoms with Crippen LogP contribution in [0.1, 0.15) is 33.6 Å². The molecule has 1 aromatic rings. The molecule has 0 radical (unpaired) electrons. The van der Waals surface area contributed by atoms with Gasteiger partial charge in [0.05, 0.1) is 24.2 Å². The molecule has 2 heterocycles. The van der Waals surface area contributed by atoms with Gasteiger partial charge in [-0.2, -0.15) is 4.98 Å². The van der Waals surface area contributed by atoms with E-state index in [1.165, 1.54) is 0 Å². The van der Waals surface area contributed by atoms with Crippen LogP contribution >= 0.6 is 11.6 Å². The molecule has 2 rings (SSSR count). The number of amides is 1. The standard InChI is InChI=1S/C15H24ClN5O2/c1-15(2,3)21(7-5-6-10(9-21)18-14(22)23)12-8-11(16)19-13(17-4)20-12/h8,10,18H,5-7,9H2,1-4H3,(H-,17,19,20,22,23)/t10-,21?/m1/s1. The van der Waals surface area contributed by atoms with Gasteiger partial charge in [0.15, 0.2) is 0 Å². The third kappa shape index (κ3) is 3.67. The number of aromatic nitrogens is 2. The summed E-state index contributed by atoms with van der Waals surface area (Å²) in [7, 11) is 1.74. The highest BCUT2D eigenvalue weighted by atomic mass is 35.5. The quantitative estimate of drug-likeness (QED) is 0.640. The van der Waals surface area contributed by atoms with Crippen molar-refractivity contribution in [2.24, 2.45) is 0 Å². The molecule has 0 saturated carbocycles. The molecule has 128 valence electrons. The lowest BCUT2D eigenvalue weighted by Crippen LogP contribution is -2.69. The maximum absolute atomic E-state index is 10.9. The van der Waals surface area contributed by atoms with Gasteiger partial charge in [-0.3, -0.25) is 4.48 Å². The first kappa shape index (κ1) is 17.7. The van der Waals surface area contributed by atoms with Crippen molar-refractivity contribution >= 4 is 29.5 Å². The minimum Gasteiger partial charge on any atom is -0.530 e. The van der Waals surface area contributed by atoms with Crippen LogP contribution in [0.25, 0.3) is 0 Å². The van der Waals surface area contributed by atoms with Gasteiger partial charge >= 0.3 is 0 Å². The summed E-state index contributed by atoms with van der Waals surface area (Å²) in [6.45, 7) is 7.86. The Balaban J connectivity index is 2.48. The number of piperidine rings is 1. The van der Waals surface area contributed by atoms with E-state index in [1.807, 2.05) is 0 Å². The minimum atomic E-state index is -1.24. The van der Waals surface area contributed by atoms with E-state index in [4.69, 9.17) is 11.6 Å². The number of rotatable bonds is 3. The van der Waals surface area contributed by atoms with Gasteiger partial charge in [-0.25, -0.2) is 4.98 Å². The molecule has 2 atom stereocenters. The zero-order valence-corrected chi connectivity index (χ0v) is 14.8. The molecule has 23 heavy (non-hydrogen) atoms. The van der Waals surface area contributed by atoms with Gasteiger partial charge in [0, 0.05) is 7.05 Å². The number of hydrogen-bond donors (Lipinski definition) is 2. The molecular weight excluding hydrogens is 318 g/mol. The van der Waals surface area contributed by atoms with Crippen molar-refractivity contribution in [2.45, 2.75) is 45.2 Å². The Labute approximate surface area is 141 Å². The first-order valence-corrected chi connectivity index (χ1v) is 8.13. The molecule has 0 bridgehead atoms. The van der Waals surface area contributed by atoms with Crippen LogP contribution in [0.5, 0.6) is 0 Å². The summed E-state index contributed by atoms with van der Waals surface area (Å²) < 4.78 is 0.537. The van der Waals surface area contributed by atoms with E-state index >= 15 is 0 Å². The molecule has 7 nitrogen and oxygen atoms in total. The predicted molar refractivity (Wildman–Crippen MR) is 89.4 cm³/mol. The van der Waals surface area contributed by atoms with Crippen molar-refractivity contribution in [2.75, 3.05) is 25.5 Å². The number of carboxylic acid groups (broad SMARTS) is 1. The average molecular weight is 342 g/mol. The lowest BCUT2D eigenvalue weighted by atomic mass is 9.92. The van der Waals surface area contributed by atoms with E-state index in [9.17, 15) is 9.90 Å². The zero-order valence-electron chi connectivity index (χ0n) is 14.0. The Morgan fingerprint density at radius 3 is 2.70 bits per heavy atom. The molecule has 0 spiro atoms. The van der Waals surface area contributed by atoms with Crippen molar-refractivity contribution in [1.82, 2.24) is 19.8 Å². The molecule has 0 aromatic carbocycles. The largest absolute Gasteiger partial charge is 0.530 e. The molecule has 0 aliphatic carbocycles. The number of anilines is 1. The Morgan fingerprint density at radius 1 is 1.43 bits per heavy atom. The highest BCUT2D eigenvalue weighted by Gasteiger charge is 2.47. The van der Waals surface area contributed by atoms with Crippen LogP contribution in [0.2, 0.25) is 5.15 Å². The molecule has 1 unspecified atom stereocenters. The number of quaternary nitrogens is 1. The molecule has 2 N–H and O–H groups in total. The summed E-state index contributed by atoms with van der Waals surface area (Å²) in [4.78, 5) is 19.7. The van der Waals surface area contributed by atoms with Gasteiger partial charge in [0.2, 0.25) is 11.8 Å². The van der Waals surface area contributed by atoms with E-state index in [2.05, 4.69) is 41.4 Å². The smallest absolute Gasteiger partial charge is 0.234 e. The van der Waals surface area contributed by atoms with Crippen molar-refractivity contribution in [3.63, 3.8) is 0 Å². The Morgan fingerprint density at radius 2 is 2.13 bits per heavy atom. The molecule has 8 heteroatoms. The molecule has 1 amide bonds. The summed E-state index contributed by atoms with van der Waals surface area (Å²) in [5.41, 5.74) is -0.172. The monoisotopic (exact) mass is 341 g/mol. The number of carbonyl (C=O) groups is 1. The first-order chi connectivity index (χ1) is 10.7. The molecule has 1 aromatic heterocycles. The first-order valence-electron chi connectivity index (χ1n) is 7.75. The van der Waals surface area contributed by atoms with Crippen molar-refractivity contribution in [3.8, 4) is 0 Å². The second-order valence-electron chi connectivity index (χ2n) is 6.94. The maximum atomic E-state index is 10.9. The van der Waals surface area contributed by atoms with E-state index in [0.717, 1.165) is 25.2 Å². The molecule has 1 aliphatic heterocycles. The Hall–Kier alpha value is -1.60. The van der Waals surface area contributed by atoms with Crippen molar-refractivity contribution in [1.29, 1.82) is 0 Å². The molecule has 1 aliphatic rings. The second-order valence-corrected chi connectivity index (χ2v) is 7.33. The predicted octanol–water partition coefficient (Wildman–Crippen LogP) is 1.37. The number of carbonyl (C=O) groups excluding carboxylic acids is 1. The van der Waals surface area contributed by atoms with Gasteiger partial charge in [0.25, 0.3) is 0 Å². The molecular formula is C15H24ClN5O2. The van der Waals surface area contributed by atoms with Crippen LogP contribution in [-0.4, -0.2) is 47.8 Å². The van der Waals surface area contributed by atoms with Crippen LogP contribution in [0.3, 0.4) is 0 Å². The maximum Gasteiger partial charge on any atom is 0.234 e. The number of nitrogens with one attached hydrogen (secondary N) is 2. The number of likely N-dealkylation sites (tertiary alicyclic amines) is 1. The van der Waals surface area contributed by atoms with Crippen LogP contribution in [0, 0.1) is 0 Å². The van der Waals surface area contributed by atoms with Gasteiger partial charge < -0.3 is 20.5 Å². The van der Waals surface area contributed by atoms with Crippen molar-refractivity contribution in [3.05, 3.63) is 11.2 Å². The Kier molecular flexibility index (Phi) is 5.01. The van der Waals surface area contributed by atoms with Crippen LogP contribution in [-0.2, 0) is 0 Å². The fourth-order valence-electron chi connectivity index (χ4n) is 3.35. The summed E-state index contributed by atoms with van der Waals surface area (Å²) in [5, 5.41) is 16.7. The number of hydrogen-bond acceptors (Lipinski definition) is 5. The van der Waals surface area contributed by atoms with Gasteiger partial charge in [-0.15, -0.1) is 0 Å². The van der Waals surface area contributed by atoms with Gasteiger partial charge in [-0.1, -0.05) is 11.6 Å². The zero-order chi connectivity index (χ0) is 17.3. The van der Waals surface area contributed by atoms with Crippen molar-refractivity contribution < 1.29 is 9.90 Å². The van der Waals surface area contributed by atoms with Crippen LogP contribution < -0.4 is 20.2 Å². The van der Waals surface area contributed by atoms with Crippen LogP contribution in [0.4, 0.5) is 16.6 Å². The fourth-order valence-corrected chi connectivity index (χ4v) is 3.53. The third-order valence-corrected chi connectivity index (χ3v) is 4.77. The number of nitrogens with zero attached hydrogens (tertiary/aromatic N) is 3. The summed E-state index contributed by atoms with van der Waals surface area (Å²) in [6.07, 6.45) is 0.445. The SMILES string of the molecule is CNc1nc(Cl)cc([N+]2(C(C)(C)C)CCC[C@@H](NC(=O)[O-])C2)n1. The molecule has 1 saturated heterocycles. The van der Waals surface area contributed by atoms with Crippen LogP contribution in [0.15, 0.2) is 6.07 Å². The Bertz CT molecular complexity index is 590. The van der Waals surface area contributed by atoms with E-state index in [-0.39, 0.29) is 11.6 Å².